The Bertz CT molecular complexity index is 1180. The van der Waals surface area contributed by atoms with Crippen molar-refractivity contribution in [2.75, 3.05) is 25.9 Å². The lowest BCUT2D eigenvalue weighted by molar-refractivity contribution is -0.665. The number of ether oxygens (including phenoxy) is 1. The fourth-order valence-corrected chi connectivity index (χ4v) is 4.28. The van der Waals surface area contributed by atoms with Crippen LogP contribution in [0, 0.1) is 5.92 Å². The highest BCUT2D eigenvalue weighted by Crippen LogP contribution is 2.33. The highest BCUT2D eigenvalue weighted by atomic mass is 16.5. The van der Waals surface area contributed by atoms with Crippen LogP contribution >= 0.6 is 0 Å². The number of anilines is 1. The fraction of sp³-hybridized carbons (Fsp3) is 0.318. The normalized spacial score (nSPS) is 15.2. The first kappa shape index (κ1) is 17.9. The van der Waals surface area contributed by atoms with Crippen LogP contribution in [0.1, 0.15) is 12.8 Å². The molecule has 4 aromatic rings. The number of quaternary nitrogens is 1. The average molecular weight is 389 g/mol. The molecule has 5 rings (SSSR count). The first-order chi connectivity index (χ1) is 14.2. The Morgan fingerprint density at radius 1 is 1.10 bits per heavy atom. The molecule has 7 nitrogen and oxygen atoms in total. The second-order valence-electron chi connectivity index (χ2n) is 7.73. The maximum absolute atomic E-state index is 6.27. The van der Waals surface area contributed by atoms with E-state index < -0.39 is 0 Å². The van der Waals surface area contributed by atoms with Crippen LogP contribution in [-0.2, 0) is 6.54 Å². The van der Waals surface area contributed by atoms with Crippen molar-refractivity contribution in [1.29, 1.82) is 0 Å². The molecule has 0 atom stereocenters. The van der Waals surface area contributed by atoms with Crippen LogP contribution in [0.15, 0.2) is 42.7 Å². The summed E-state index contributed by atoms with van der Waals surface area (Å²) in [6, 6.07) is 12.4. The van der Waals surface area contributed by atoms with E-state index in [9.17, 15) is 0 Å². The van der Waals surface area contributed by atoms with E-state index in [0.717, 1.165) is 45.4 Å². The molecule has 1 saturated heterocycles. The quantitative estimate of drug-likeness (QED) is 0.558. The van der Waals surface area contributed by atoms with Crippen molar-refractivity contribution in [3.63, 3.8) is 0 Å². The molecule has 1 aliphatic heterocycles. The minimum Gasteiger partial charge on any atom is -0.497 e. The van der Waals surface area contributed by atoms with Crippen molar-refractivity contribution in [3.05, 3.63) is 42.7 Å². The Morgan fingerprint density at radius 3 is 2.72 bits per heavy atom. The van der Waals surface area contributed by atoms with Gasteiger partial charge in [0.15, 0.2) is 5.65 Å². The molecule has 0 unspecified atom stereocenters. The highest BCUT2D eigenvalue weighted by Gasteiger charge is 2.21. The lowest BCUT2D eigenvalue weighted by atomic mass is 9.98. The molecule has 29 heavy (non-hydrogen) atoms. The topological polar surface area (TPSA) is 95.5 Å². The predicted octanol–water partition coefficient (Wildman–Crippen LogP) is 2.21. The van der Waals surface area contributed by atoms with E-state index in [0.29, 0.717) is 11.7 Å². The standard InChI is InChI=1S/C22H24N6O/c1-29-18-5-4-15-10-17(3-2-16(15)11-18)20-19-21(23)25-13-26-22(19)28(27-20)12-14-6-8-24-9-7-14/h2-5,10-11,13-14,24H,6-9,12H2,1H3,(H2,23,25,26)/p+1. The van der Waals surface area contributed by atoms with Gasteiger partial charge in [-0.15, -0.1) is 0 Å². The summed E-state index contributed by atoms with van der Waals surface area (Å²) in [5.74, 6) is 1.95. The largest absolute Gasteiger partial charge is 0.497 e. The Kier molecular flexibility index (Phi) is 4.52. The van der Waals surface area contributed by atoms with Gasteiger partial charge in [0.2, 0.25) is 0 Å². The summed E-state index contributed by atoms with van der Waals surface area (Å²) >= 11 is 0. The van der Waals surface area contributed by atoms with Gasteiger partial charge in [-0.05, 0) is 34.9 Å². The number of fused-ring (bicyclic) bond motifs is 2. The number of hydrogen-bond donors (Lipinski definition) is 2. The molecule has 0 saturated carbocycles. The third-order valence-electron chi connectivity index (χ3n) is 5.87. The number of benzene rings is 2. The predicted molar refractivity (Wildman–Crippen MR) is 114 cm³/mol. The van der Waals surface area contributed by atoms with Crippen molar-refractivity contribution in [3.8, 4) is 17.0 Å². The monoisotopic (exact) mass is 389 g/mol. The van der Waals surface area contributed by atoms with Crippen LogP contribution in [-0.4, -0.2) is 39.9 Å². The summed E-state index contributed by atoms with van der Waals surface area (Å²) in [7, 11) is 1.68. The summed E-state index contributed by atoms with van der Waals surface area (Å²) in [6.07, 6.45) is 3.94. The second kappa shape index (κ2) is 7.33. The minimum absolute atomic E-state index is 0.475. The zero-order valence-electron chi connectivity index (χ0n) is 16.5. The second-order valence-corrected chi connectivity index (χ2v) is 7.73. The van der Waals surface area contributed by atoms with Gasteiger partial charge in [0, 0.05) is 24.9 Å². The molecule has 4 N–H and O–H groups in total. The first-order valence-corrected chi connectivity index (χ1v) is 10.1. The Balaban J connectivity index is 1.61. The van der Waals surface area contributed by atoms with E-state index in [1.807, 2.05) is 16.8 Å². The number of methoxy groups -OCH3 is 1. The van der Waals surface area contributed by atoms with E-state index in [4.69, 9.17) is 15.6 Å². The highest BCUT2D eigenvalue weighted by molar-refractivity contribution is 6.00. The number of nitrogens with two attached hydrogens (primary N) is 2. The molecule has 7 heteroatoms. The van der Waals surface area contributed by atoms with Crippen molar-refractivity contribution >= 4 is 27.6 Å². The van der Waals surface area contributed by atoms with Crippen LogP contribution < -0.4 is 15.8 Å². The van der Waals surface area contributed by atoms with Crippen LogP contribution in [0.3, 0.4) is 0 Å². The van der Waals surface area contributed by atoms with Crippen LogP contribution in [0.25, 0.3) is 33.1 Å². The molecule has 0 spiro atoms. The van der Waals surface area contributed by atoms with Gasteiger partial charge in [0.1, 0.15) is 23.6 Å². The van der Waals surface area contributed by atoms with Crippen molar-refractivity contribution in [2.45, 2.75) is 19.4 Å². The number of piperidine rings is 1. The van der Waals surface area contributed by atoms with Crippen molar-refractivity contribution in [1.82, 2.24) is 19.7 Å². The molecule has 0 bridgehead atoms. The first-order valence-electron chi connectivity index (χ1n) is 10.1. The SMILES string of the molecule is COc1ccc2cc(-c3nn(CC4CC[NH2+]CC4)c4ncnc(N)c34)ccc2c1. The minimum atomic E-state index is 0.475. The molecule has 1 fully saturated rings. The van der Waals surface area contributed by atoms with Crippen LogP contribution in [0.2, 0.25) is 0 Å². The van der Waals surface area contributed by atoms with Gasteiger partial charge in [-0.25, -0.2) is 14.6 Å². The molecule has 3 heterocycles. The molecule has 148 valence electrons. The maximum atomic E-state index is 6.27. The van der Waals surface area contributed by atoms with Gasteiger partial charge in [0.25, 0.3) is 0 Å². The van der Waals surface area contributed by atoms with Crippen molar-refractivity contribution < 1.29 is 10.1 Å². The van der Waals surface area contributed by atoms with E-state index in [1.54, 1.807) is 7.11 Å². The van der Waals surface area contributed by atoms with Crippen molar-refractivity contribution in [2.24, 2.45) is 5.92 Å². The van der Waals surface area contributed by atoms with Gasteiger partial charge >= 0.3 is 0 Å². The lowest BCUT2D eigenvalue weighted by Gasteiger charge is -2.20. The van der Waals surface area contributed by atoms with Crippen LogP contribution in [0.5, 0.6) is 5.75 Å². The number of rotatable bonds is 4. The Labute approximate surface area is 168 Å². The van der Waals surface area contributed by atoms with E-state index in [-0.39, 0.29) is 0 Å². The van der Waals surface area contributed by atoms with E-state index in [2.05, 4.69) is 39.6 Å². The maximum Gasteiger partial charge on any atom is 0.163 e. The number of hydrogen-bond acceptors (Lipinski definition) is 5. The van der Waals surface area contributed by atoms with Gasteiger partial charge in [-0.2, -0.15) is 5.10 Å². The molecular formula is C22H25N6O+. The van der Waals surface area contributed by atoms with Gasteiger partial charge in [-0.3, -0.25) is 0 Å². The zero-order valence-corrected chi connectivity index (χ0v) is 16.5. The molecule has 1 aliphatic rings. The summed E-state index contributed by atoms with van der Waals surface area (Å²) < 4.78 is 7.36. The molecule has 2 aromatic carbocycles. The summed E-state index contributed by atoms with van der Waals surface area (Å²) in [6.45, 7) is 3.23. The zero-order chi connectivity index (χ0) is 19.8. The number of aromatic nitrogens is 4. The smallest absolute Gasteiger partial charge is 0.163 e. The van der Waals surface area contributed by atoms with E-state index in [1.165, 1.54) is 32.3 Å². The molecule has 0 radical (unpaired) electrons. The molecule has 0 aliphatic carbocycles. The van der Waals surface area contributed by atoms with Gasteiger partial charge in [0.05, 0.1) is 25.6 Å². The fourth-order valence-electron chi connectivity index (χ4n) is 4.28. The number of nitrogens with zero attached hydrogens (tertiary/aromatic N) is 4. The summed E-state index contributed by atoms with van der Waals surface area (Å²) in [4.78, 5) is 8.75. The Hall–Kier alpha value is -3.19. The van der Waals surface area contributed by atoms with Gasteiger partial charge < -0.3 is 15.8 Å². The van der Waals surface area contributed by atoms with Gasteiger partial charge in [-0.1, -0.05) is 18.2 Å². The third kappa shape index (κ3) is 3.27. The van der Waals surface area contributed by atoms with E-state index >= 15 is 0 Å². The van der Waals surface area contributed by atoms with Crippen LogP contribution in [0.4, 0.5) is 5.82 Å². The average Bonchev–Trinajstić information content (AvgIpc) is 3.13. The lowest BCUT2D eigenvalue weighted by Crippen LogP contribution is -2.86. The third-order valence-corrected chi connectivity index (χ3v) is 5.87. The number of nitrogen functional groups attached to an aromatic ring is 1. The molecule has 2 aromatic heterocycles. The summed E-state index contributed by atoms with van der Waals surface area (Å²) in [5, 5.41) is 10.4. The Morgan fingerprint density at radius 2 is 1.90 bits per heavy atom. The molecular weight excluding hydrogens is 364 g/mol. The summed E-state index contributed by atoms with van der Waals surface area (Å²) in [5.41, 5.74) is 8.95. The molecule has 0 amide bonds.